The number of H-pyrrole nitrogens is 1. The Hall–Kier alpha value is -1.58. The van der Waals surface area contributed by atoms with Crippen LogP contribution in [0.25, 0.3) is 0 Å². The maximum absolute atomic E-state index is 12.4. The van der Waals surface area contributed by atoms with E-state index in [1.165, 1.54) is 19.8 Å². The topological polar surface area (TPSA) is 62.0 Å². The molecule has 1 aromatic heterocycles. The van der Waals surface area contributed by atoms with Crippen LogP contribution in [-0.2, 0) is 0 Å². The lowest BCUT2D eigenvalue weighted by Crippen LogP contribution is -2.38. The molecule has 4 nitrogen and oxygen atoms in total. The number of aromatic amines is 1. The van der Waals surface area contributed by atoms with Crippen LogP contribution < -0.4 is 5.32 Å². The second kappa shape index (κ2) is 5.81. The van der Waals surface area contributed by atoms with E-state index in [0.717, 1.165) is 24.1 Å². The van der Waals surface area contributed by atoms with Crippen molar-refractivity contribution in [1.29, 1.82) is 0 Å². The van der Waals surface area contributed by atoms with Crippen molar-refractivity contribution in [2.45, 2.75) is 59.4 Å². The van der Waals surface area contributed by atoms with Gasteiger partial charge in [0.2, 0.25) is 0 Å². The minimum Gasteiger partial charge on any atom is -0.354 e. The number of rotatable bonds is 3. The largest absolute Gasteiger partial charge is 0.354 e. The number of ketones is 1. The van der Waals surface area contributed by atoms with Crippen LogP contribution in [0.15, 0.2) is 0 Å². The molecule has 1 aliphatic carbocycles. The number of aromatic nitrogens is 1. The molecule has 4 heteroatoms. The van der Waals surface area contributed by atoms with Crippen molar-refractivity contribution in [3.05, 3.63) is 22.5 Å². The third-order valence-corrected chi connectivity index (χ3v) is 4.29. The van der Waals surface area contributed by atoms with Gasteiger partial charge in [0.05, 0.1) is 0 Å². The third-order valence-electron chi connectivity index (χ3n) is 4.29. The molecule has 1 amide bonds. The summed E-state index contributed by atoms with van der Waals surface area (Å²) in [5, 5.41) is 3.10. The van der Waals surface area contributed by atoms with E-state index in [1.54, 1.807) is 0 Å². The van der Waals surface area contributed by atoms with E-state index in [1.807, 2.05) is 13.8 Å². The summed E-state index contributed by atoms with van der Waals surface area (Å²) in [6, 6.07) is 0.259. The molecule has 2 rings (SSSR count). The van der Waals surface area contributed by atoms with Gasteiger partial charge in [-0.05, 0) is 45.1 Å². The lowest BCUT2D eigenvalue weighted by Gasteiger charge is -2.27. The zero-order valence-electron chi connectivity index (χ0n) is 12.8. The predicted octanol–water partition coefficient (Wildman–Crippen LogP) is 3.14. The third kappa shape index (κ3) is 2.94. The van der Waals surface area contributed by atoms with E-state index in [4.69, 9.17) is 0 Å². The normalized spacial score (nSPS) is 22.6. The summed E-state index contributed by atoms with van der Waals surface area (Å²) in [5.41, 5.74) is 2.71. The summed E-state index contributed by atoms with van der Waals surface area (Å²) in [6.45, 7) is 7.44. The molecule has 0 saturated heterocycles. The Morgan fingerprint density at radius 3 is 2.50 bits per heavy atom. The first-order chi connectivity index (χ1) is 9.40. The Morgan fingerprint density at radius 1 is 1.25 bits per heavy atom. The van der Waals surface area contributed by atoms with Gasteiger partial charge < -0.3 is 10.3 Å². The van der Waals surface area contributed by atoms with E-state index in [9.17, 15) is 9.59 Å². The maximum atomic E-state index is 12.4. The van der Waals surface area contributed by atoms with Crippen LogP contribution in [0, 0.1) is 19.8 Å². The van der Waals surface area contributed by atoms with Gasteiger partial charge in [-0.1, -0.05) is 19.8 Å². The van der Waals surface area contributed by atoms with E-state index >= 15 is 0 Å². The van der Waals surface area contributed by atoms with Crippen LogP contribution in [0.2, 0.25) is 0 Å². The number of amides is 1. The molecule has 1 saturated carbocycles. The Kier molecular flexibility index (Phi) is 4.31. The van der Waals surface area contributed by atoms with Crippen LogP contribution in [0.1, 0.15) is 71.6 Å². The second-order valence-corrected chi connectivity index (χ2v) is 6.12. The molecule has 0 bridgehead atoms. The Balaban J connectivity index is 2.13. The highest BCUT2D eigenvalue weighted by atomic mass is 16.2. The number of hydrogen-bond acceptors (Lipinski definition) is 2. The fourth-order valence-electron chi connectivity index (χ4n) is 3.33. The fraction of sp³-hybridized carbons (Fsp3) is 0.625. The molecule has 1 fully saturated rings. The first-order valence-electron chi connectivity index (χ1n) is 7.41. The van der Waals surface area contributed by atoms with Crippen LogP contribution in [0.3, 0.4) is 0 Å². The van der Waals surface area contributed by atoms with Gasteiger partial charge in [0.15, 0.2) is 5.78 Å². The summed E-state index contributed by atoms with van der Waals surface area (Å²) in [4.78, 5) is 27.0. The van der Waals surface area contributed by atoms with Gasteiger partial charge in [-0.15, -0.1) is 0 Å². The van der Waals surface area contributed by atoms with Gasteiger partial charge in [0, 0.05) is 17.3 Å². The molecule has 20 heavy (non-hydrogen) atoms. The predicted molar refractivity (Wildman–Crippen MR) is 79.2 cm³/mol. The van der Waals surface area contributed by atoms with Crippen LogP contribution in [0.5, 0.6) is 0 Å². The summed E-state index contributed by atoms with van der Waals surface area (Å²) >= 11 is 0. The second-order valence-electron chi connectivity index (χ2n) is 6.12. The van der Waals surface area contributed by atoms with Gasteiger partial charge in [-0.25, -0.2) is 0 Å². The SMILES string of the molecule is CC(=O)c1c(C)[nH]c(C(=O)NC2CCCC(C)C2)c1C. The zero-order chi connectivity index (χ0) is 14.9. The number of carbonyl (C=O) groups is 2. The maximum Gasteiger partial charge on any atom is 0.268 e. The molecule has 0 aromatic carbocycles. The first kappa shape index (κ1) is 14.8. The zero-order valence-corrected chi connectivity index (χ0v) is 12.8. The Labute approximate surface area is 120 Å². The van der Waals surface area contributed by atoms with Crippen molar-refractivity contribution in [2.75, 3.05) is 0 Å². The summed E-state index contributed by atoms with van der Waals surface area (Å²) < 4.78 is 0. The average Bonchev–Trinajstić information content (AvgIpc) is 2.64. The molecule has 2 atom stereocenters. The summed E-state index contributed by atoms with van der Waals surface area (Å²) in [6.07, 6.45) is 4.52. The minimum absolute atomic E-state index is 0.00147. The molecule has 1 aromatic rings. The molecular weight excluding hydrogens is 252 g/mol. The van der Waals surface area contributed by atoms with Crippen molar-refractivity contribution >= 4 is 11.7 Å². The molecule has 0 spiro atoms. The smallest absolute Gasteiger partial charge is 0.268 e. The standard InChI is InChI=1S/C16H24N2O2/c1-9-6-5-7-13(8-9)18-16(20)15-10(2)14(12(4)19)11(3)17-15/h9,13,17H,5-8H2,1-4H3,(H,18,20). The van der Waals surface area contributed by atoms with Crippen LogP contribution >= 0.6 is 0 Å². The van der Waals surface area contributed by atoms with Crippen molar-refractivity contribution in [3.63, 3.8) is 0 Å². The molecule has 2 N–H and O–H groups in total. The molecular formula is C16H24N2O2. The molecule has 1 aliphatic rings. The lowest BCUT2D eigenvalue weighted by atomic mass is 9.87. The van der Waals surface area contributed by atoms with E-state index in [2.05, 4.69) is 17.2 Å². The Morgan fingerprint density at radius 2 is 1.95 bits per heavy atom. The van der Waals surface area contributed by atoms with Gasteiger partial charge in [-0.3, -0.25) is 9.59 Å². The Bertz CT molecular complexity index is 531. The number of Topliss-reactive ketones (excluding diaryl/α,β-unsaturated/α-hetero) is 1. The van der Waals surface area contributed by atoms with E-state index in [0.29, 0.717) is 17.2 Å². The van der Waals surface area contributed by atoms with E-state index < -0.39 is 0 Å². The van der Waals surface area contributed by atoms with Crippen molar-refractivity contribution < 1.29 is 9.59 Å². The number of nitrogens with one attached hydrogen (secondary N) is 2. The number of carbonyl (C=O) groups excluding carboxylic acids is 2. The van der Waals surface area contributed by atoms with Crippen LogP contribution in [0.4, 0.5) is 0 Å². The molecule has 0 aliphatic heterocycles. The highest BCUT2D eigenvalue weighted by molar-refractivity contribution is 6.02. The monoisotopic (exact) mass is 276 g/mol. The fourth-order valence-corrected chi connectivity index (χ4v) is 3.33. The first-order valence-corrected chi connectivity index (χ1v) is 7.41. The van der Waals surface area contributed by atoms with Crippen molar-refractivity contribution in [3.8, 4) is 0 Å². The molecule has 110 valence electrons. The van der Waals surface area contributed by atoms with Gasteiger partial charge in [0.25, 0.3) is 5.91 Å². The number of hydrogen-bond donors (Lipinski definition) is 2. The molecule has 2 unspecified atom stereocenters. The van der Waals surface area contributed by atoms with Crippen molar-refractivity contribution in [2.24, 2.45) is 5.92 Å². The summed E-state index contributed by atoms with van der Waals surface area (Å²) in [7, 11) is 0. The minimum atomic E-state index is -0.0859. The van der Waals surface area contributed by atoms with Crippen LogP contribution in [-0.4, -0.2) is 22.7 Å². The lowest BCUT2D eigenvalue weighted by molar-refractivity contribution is 0.0916. The molecule has 1 heterocycles. The average molecular weight is 276 g/mol. The molecule has 0 radical (unpaired) electrons. The van der Waals surface area contributed by atoms with Crippen molar-refractivity contribution in [1.82, 2.24) is 10.3 Å². The van der Waals surface area contributed by atoms with Gasteiger partial charge >= 0.3 is 0 Å². The van der Waals surface area contributed by atoms with Gasteiger partial charge in [0.1, 0.15) is 5.69 Å². The highest BCUT2D eigenvalue weighted by Crippen LogP contribution is 2.24. The quantitative estimate of drug-likeness (QED) is 0.833. The highest BCUT2D eigenvalue weighted by Gasteiger charge is 2.24. The van der Waals surface area contributed by atoms with E-state index in [-0.39, 0.29) is 17.7 Å². The summed E-state index contributed by atoms with van der Waals surface area (Å²) in [5.74, 6) is 0.590. The number of aryl methyl sites for hydroxylation is 1. The van der Waals surface area contributed by atoms with Gasteiger partial charge in [-0.2, -0.15) is 0 Å².